The lowest BCUT2D eigenvalue weighted by Gasteiger charge is -2.35. The summed E-state index contributed by atoms with van der Waals surface area (Å²) < 4.78 is 5.33. The van der Waals surface area contributed by atoms with E-state index in [0.29, 0.717) is 18.8 Å². The number of amides is 1. The van der Waals surface area contributed by atoms with Crippen molar-refractivity contribution in [3.05, 3.63) is 39.9 Å². The Kier molecular flexibility index (Phi) is 5.46. The number of non-ortho nitro benzene ring substituents is 1. The summed E-state index contributed by atoms with van der Waals surface area (Å²) in [6.07, 6.45) is 0. The number of hydrogen-bond acceptors (Lipinski definition) is 5. The topological polar surface area (TPSA) is 84.7 Å². The molecule has 1 amide bonds. The molecular formula is C15H21N3O4. The summed E-state index contributed by atoms with van der Waals surface area (Å²) in [4.78, 5) is 24.6. The Morgan fingerprint density at radius 3 is 2.41 bits per heavy atom. The van der Waals surface area contributed by atoms with Crippen LogP contribution in [0.3, 0.4) is 0 Å². The van der Waals surface area contributed by atoms with Gasteiger partial charge < -0.3 is 10.1 Å². The zero-order chi connectivity index (χ0) is 16.1. The minimum absolute atomic E-state index is 0.0220. The number of rotatable bonds is 5. The number of carbonyl (C=O) groups excluding carboxylic acids is 1. The van der Waals surface area contributed by atoms with E-state index in [4.69, 9.17) is 4.74 Å². The summed E-state index contributed by atoms with van der Waals surface area (Å²) in [7, 11) is 0. The average molecular weight is 307 g/mol. The Bertz CT molecular complexity index is 526. The van der Waals surface area contributed by atoms with Gasteiger partial charge in [0.15, 0.2) is 0 Å². The maximum absolute atomic E-state index is 12.2. The standard InChI is InChI=1S/C15H21N3O4/c1-11(12(2)17-7-9-22-10-8-17)16-15(19)13-3-5-14(6-4-13)18(20)21/h3-6,11-12H,7-10H2,1-2H3,(H,16,19). The van der Waals surface area contributed by atoms with Crippen molar-refractivity contribution in [1.82, 2.24) is 10.2 Å². The fraction of sp³-hybridized carbons (Fsp3) is 0.533. The first-order valence-electron chi connectivity index (χ1n) is 7.36. The van der Waals surface area contributed by atoms with E-state index in [1.807, 2.05) is 6.92 Å². The zero-order valence-electron chi connectivity index (χ0n) is 12.8. The number of nitrogens with one attached hydrogen (secondary N) is 1. The highest BCUT2D eigenvalue weighted by Gasteiger charge is 2.23. The second kappa shape index (κ2) is 7.33. The largest absolute Gasteiger partial charge is 0.379 e. The summed E-state index contributed by atoms with van der Waals surface area (Å²) in [5, 5.41) is 13.6. The highest BCUT2D eigenvalue weighted by atomic mass is 16.6. The molecule has 7 heteroatoms. The third-order valence-corrected chi connectivity index (χ3v) is 4.04. The molecule has 7 nitrogen and oxygen atoms in total. The van der Waals surface area contributed by atoms with E-state index in [9.17, 15) is 14.9 Å². The normalized spacial score (nSPS) is 18.5. The second-order valence-electron chi connectivity index (χ2n) is 5.46. The average Bonchev–Trinajstić information content (AvgIpc) is 2.54. The number of benzene rings is 1. The van der Waals surface area contributed by atoms with Crippen LogP contribution in [0.1, 0.15) is 24.2 Å². The molecule has 1 aromatic rings. The third-order valence-electron chi connectivity index (χ3n) is 4.04. The maximum Gasteiger partial charge on any atom is 0.269 e. The molecule has 22 heavy (non-hydrogen) atoms. The second-order valence-corrected chi connectivity index (χ2v) is 5.46. The summed E-state index contributed by atoms with van der Waals surface area (Å²) in [6, 6.07) is 5.79. The van der Waals surface area contributed by atoms with Crippen LogP contribution in [0, 0.1) is 10.1 Å². The number of hydrogen-bond donors (Lipinski definition) is 1. The van der Waals surface area contributed by atoms with Crippen LogP contribution in [0.5, 0.6) is 0 Å². The Morgan fingerprint density at radius 1 is 1.27 bits per heavy atom. The van der Waals surface area contributed by atoms with Gasteiger partial charge >= 0.3 is 0 Å². The number of nitrogens with zero attached hydrogens (tertiary/aromatic N) is 2. The maximum atomic E-state index is 12.2. The van der Waals surface area contributed by atoms with Crippen LogP contribution in [0.2, 0.25) is 0 Å². The minimum Gasteiger partial charge on any atom is -0.379 e. The molecule has 0 aliphatic carbocycles. The van der Waals surface area contributed by atoms with Crippen LogP contribution < -0.4 is 5.32 Å². The third kappa shape index (κ3) is 4.02. The Hall–Kier alpha value is -1.99. The van der Waals surface area contributed by atoms with Crippen LogP contribution in [0.25, 0.3) is 0 Å². The van der Waals surface area contributed by atoms with Gasteiger partial charge in [0.05, 0.1) is 18.1 Å². The van der Waals surface area contributed by atoms with E-state index in [1.54, 1.807) is 0 Å². The van der Waals surface area contributed by atoms with E-state index in [2.05, 4.69) is 17.1 Å². The van der Waals surface area contributed by atoms with Gasteiger partial charge in [0.1, 0.15) is 0 Å². The molecule has 1 heterocycles. The minimum atomic E-state index is -0.481. The van der Waals surface area contributed by atoms with Crippen LogP contribution >= 0.6 is 0 Å². The van der Waals surface area contributed by atoms with Gasteiger partial charge in [-0.15, -0.1) is 0 Å². The smallest absolute Gasteiger partial charge is 0.269 e. The molecule has 0 saturated carbocycles. The van der Waals surface area contributed by atoms with Crippen molar-refractivity contribution in [3.8, 4) is 0 Å². The molecule has 1 fully saturated rings. The molecule has 1 aromatic carbocycles. The Balaban J connectivity index is 1.93. The highest BCUT2D eigenvalue weighted by Crippen LogP contribution is 2.13. The van der Waals surface area contributed by atoms with E-state index in [1.165, 1.54) is 24.3 Å². The van der Waals surface area contributed by atoms with Crippen LogP contribution in [0.15, 0.2) is 24.3 Å². The number of nitro benzene ring substituents is 1. The lowest BCUT2D eigenvalue weighted by molar-refractivity contribution is -0.384. The molecule has 0 radical (unpaired) electrons. The molecule has 0 spiro atoms. The van der Waals surface area contributed by atoms with E-state index >= 15 is 0 Å². The molecule has 2 rings (SSSR count). The monoisotopic (exact) mass is 307 g/mol. The summed E-state index contributed by atoms with van der Waals surface area (Å²) in [6.45, 7) is 7.19. The van der Waals surface area contributed by atoms with E-state index in [-0.39, 0.29) is 23.7 Å². The molecule has 120 valence electrons. The molecule has 1 aliphatic heterocycles. The molecule has 2 atom stereocenters. The molecule has 0 bridgehead atoms. The van der Waals surface area contributed by atoms with Gasteiger partial charge in [-0.2, -0.15) is 0 Å². The molecule has 1 N–H and O–H groups in total. The first-order valence-corrected chi connectivity index (χ1v) is 7.36. The lowest BCUT2D eigenvalue weighted by Crippen LogP contribution is -2.52. The number of carbonyl (C=O) groups is 1. The number of ether oxygens (including phenoxy) is 1. The van der Waals surface area contributed by atoms with Crippen molar-refractivity contribution < 1.29 is 14.5 Å². The van der Waals surface area contributed by atoms with Crippen molar-refractivity contribution in [2.75, 3.05) is 26.3 Å². The molecule has 1 aliphatic rings. The molecule has 2 unspecified atom stereocenters. The quantitative estimate of drug-likeness (QED) is 0.657. The van der Waals surface area contributed by atoms with Gasteiger partial charge in [0, 0.05) is 42.9 Å². The molecule has 1 saturated heterocycles. The predicted octanol–water partition coefficient (Wildman–Crippen LogP) is 1.43. The Morgan fingerprint density at radius 2 is 1.86 bits per heavy atom. The fourth-order valence-electron chi connectivity index (χ4n) is 2.45. The summed E-state index contributed by atoms with van der Waals surface area (Å²) >= 11 is 0. The van der Waals surface area contributed by atoms with Gasteiger partial charge in [-0.3, -0.25) is 19.8 Å². The van der Waals surface area contributed by atoms with Gasteiger partial charge in [-0.1, -0.05) is 0 Å². The van der Waals surface area contributed by atoms with E-state index in [0.717, 1.165) is 13.1 Å². The SMILES string of the molecule is CC(NC(=O)c1ccc([N+](=O)[O-])cc1)C(C)N1CCOCC1. The van der Waals surface area contributed by atoms with Crippen LogP contribution in [0.4, 0.5) is 5.69 Å². The molecular weight excluding hydrogens is 286 g/mol. The van der Waals surface area contributed by atoms with Crippen molar-refractivity contribution >= 4 is 11.6 Å². The predicted molar refractivity (Wildman–Crippen MR) is 81.9 cm³/mol. The van der Waals surface area contributed by atoms with E-state index < -0.39 is 4.92 Å². The molecule has 0 aromatic heterocycles. The van der Waals surface area contributed by atoms with Gasteiger partial charge in [-0.25, -0.2) is 0 Å². The van der Waals surface area contributed by atoms with Crippen molar-refractivity contribution in [2.24, 2.45) is 0 Å². The first kappa shape index (κ1) is 16.4. The first-order chi connectivity index (χ1) is 10.5. The summed E-state index contributed by atoms with van der Waals surface area (Å²) in [5.74, 6) is -0.220. The van der Waals surface area contributed by atoms with Gasteiger partial charge in [0.25, 0.3) is 11.6 Å². The van der Waals surface area contributed by atoms with Crippen LogP contribution in [-0.2, 0) is 4.74 Å². The highest BCUT2D eigenvalue weighted by molar-refractivity contribution is 5.94. The van der Waals surface area contributed by atoms with Crippen molar-refractivity contribution in [1.29, 1.82) is 0 Å². The number of morpholine rings is 1. The summed E-state index contributed by atoms with van der Waals surface area (Å²) in [5.41, 5.74) is 0.401. The van der Waals surface area contributed by atoms with Crippen molar-refractivity contribution in [3.63, 3.8) is 0 Å². The zero-order valence-corrected chi connectivity index (χ0v) is 12.8. The lowest BCUT2D eigenvalue weighted by atomic mass is 10.1. The fourth-order valence-corrected chi connectivity index (χ4v) is 2.45. The van der Waals surface area contributed by atoms with Gasteiger partial charge in [-0.05, 0) is 26.0 Å². The van der Waals surface area contributed by atoms with Gasteiger partial charge in [0.2, 0.25) is 0 Å². The number of nitro groups is 1. The Labute approximate surface area is 129 Å². The van der Waals surface area contributed by atoms with Crippen molar-refractivity contribution in [2.45, 2.75) is 25.9 Å². The van der Waals surface area contributed by atoms with Crippen LogP contribution in [-0.4, -0.2) is 54.1 Å².